The number of aromatic nitrogens is 3. The average Bonchev–Trinajstić information content (AvgIpc) is 3.61. The second-order valence-electron chi connectivity index (χ2n) is 9.92. The first-order valence-corrected chi connectivity index (χ1v) is 15.0. The molecule has 42 heavy (non-hydrogen) atoms. The van der Waals surface area contributed by atoms with Crippen molar-refractivity contribution in [2.45, 2.75) is 55.6 Å². The molecule has 1 aliphatic carbocycles. The number of anilines is 1. The number of ether oxygens (including phenoxy) is 1. The normalized spacial score (nSPS) is 18.0. The van der Waals surface area contributed by atoms with Crippen LogP contribution in [0.1, 0.15) is 42.0 Å². The zero-order chi connectivity index (χ0) is 30.4. The Hall–Kier alpha value is -3.43. The summed E-state index contributed by atoms with van der Waals surface area (Å²) in [6.45, 7) is 1.51. The molecule has 0 saturated heterocycles. The van der Waals surface area contributed by atoms with E-state index in [1.165, 1.54) is 36.0 Å². The predicted molar refractivity (Wildman–Crippen MR) is 144 cm³/mol. The maximum Gasteiger partial charge on any atom is 0.522 e. The maximum atomic E-state index is 14.0. The molecule has 0 amide bonds. The highest BCUT2D eigenvalue weighted by Gasteiger charge is 2.38. The highest BCUT2D eigenvalue weighted by molar-refractivity contribution is 7.93. The fourth-order valence-electron chi connectivity index (χ4n) is 5.16. The summed E-state index contributed by atoms with van der Waals surface area (Å²) >= 11 is 0.851. The highest BCUT2D eigenvalue weighted by Crippen LogP contribution is 2.46. The summed E-state index contributed by atoms with van der Waals surface area (Å²) in [7, 11) is -2.64. The number of thiazole rings is 1. The van der Waals surface area contributed by atoms with Crippen LogP contribution < -0.4 is 4.72 Å². The van der Waals surface area contributed by atoms with Gasteiger partial charge >= 0.3 is 12.5 Å². The summed E-state index contributed by atoms with van der Waals surface area (Å²) in [5, 5.41) is 3.87. The molecule has 0 radical (unpaired) electrons. The van der Waals surface area contributed by atoms with Gasteiger partial charge in [-0.1, -0.05) is 47.7 Å². The Morgan fingerprint density at radius 1 is 1.05 bits per heavy atom. The van der Waals surface area contributed by atoms with Crippen LogP contribution in [-0.2, 0) is 28.0 Å². The van der Waals surface area contributed by atoms with E-state index in [1.54, 1.807) is 31.3 Å². The first kappa shape index (κ1) is 30.0. The van der Waals surface area contributed by atoms with Crippen molar-refractivity contribution in [3.05, 3.63) is 71.5 Å². The van der Waals surface area contributed by atoms with Crippen molar-refractivity contribution >= 4 is 26.5 Å². The lowest BCUT2D eigenvalue weighted by molar-refractivity contribution is -0.341. The molecule has 1 fully saturated rings. The molecule has 0 aliphatic heterocycles. The van der Waals surface area contributed by atoms with Gasteiger partial charge in [-0.2, -0.15) is 18.3 Å². The van der Waals surface area contributed by atoms with Gasteiger partial charge in [-0.15, -0.1) is 13.2 Å². The number of hydrogen-bond acceptors (Lipinski definition) is 6. The SMILES string of the molecule is Cc1nn(C)cc1S(=O)(=O)Nc1nc(-c2ccccc2C(F)(F)F)c(-c2cccc([C@@H]3CC[C@@H](OC(F)(F)F)C3)c2)s1. The monoisotopic (exact) mass is 630 g/mol. The summed E-state index contributed by atoms with van der Waals surface area (Å²) in [5.41, 5.74) is 0.0757. The molecule has 0 unspecified atom stereocenters. The van der Waals surface area contributed by atoms with Crippen LogP contribution in [-0.4, -0.2) is 35.6 Å². The molecule has 224 valence electrons. The lowest BCUT2D eigenvalue weighted by atomic mass is 9.94. The van der Waals surface area contributed by atoms with E-state index < -0.39 is 34.2 Å². The highest BCUT2D eigenvalue weighted by atomic mass is 32.2. The van der Waals surface area contributed by atoms with Crippen LogP contribution in [0.4, 0.5) is 31.5 Å². The Bertz CT molecular complexity index is 1710. The number of rotatable bonds is 7. The van der Waals surface area contributed by atoms with Gasteiger partial charge in [0.05, 0.1) is 27.9 Å². The largest absolute Gasteiger partial charge is 0.522 e. The number of sulfonamides is 1. The summed E-state index contributed by atoms with van der Waals surface area (Å²) < 4.78 is 114. The van der Waals surface area contributed by atoms with Crippen LogP contribution in [0.25, 0.3) is 21.7 Å². The van der Waals surface area contributed by atoms with Crippen LogP contribution in [0.15, 0.2) is 59.6 Å². The van der Waals surface area contributed by atoms with E-state index in [-0.39, 0.29) is 50.6 Å². The molecule has 2 aromatic carbocycles. The van der Waals surface area contributed by atoms with Gasteiger partial charge in [0, 0.05) is 18.8 Å². The lowest BCUT2D eigenvalue weighted by Crippen LogP contribution is -2.21. The Morgan fingerprint density at radius 3 is 2.45 bits per heavy atom. The van der Waals surface area contributed by atoms with Crippen molar-refractivity contribution in [3.8, 4) is 21.7 Å². The van der Waals surface area contributed by atoms with Crippen molar-refractivity contribution in [3.63, 3.8) is 0 Å². The molecule has 2 aromatic heterocycles. The molecule has 4 aromatic rings. The standard InChI is InChI=1S/C27H24F6N4O3S2/c1-15-22(14-37(2)35-15)42(38,39)36-25-34-23(20-8-3-4-9-21(20)26(28,29)30)24(41-25)18-7-5-6-16(12-18)17-10-11-19(13-17)40-27(31,32)33/h3-9,12,14,17,19H,10-11,13H2,1-2H3,(H,34,36)/t17-,19-/m1/s1. The molecule has 2 heterocycles. The van der Waals surface area contributed by atoms with E-state index in [9.17, 15) is 34.8 Å². The molecular formula is C27H24F6N4O3S2. The van der Waals surface area contributed by atoms with Crippen molar-refractivity contribution < 1.29 is 39.5 Å². The third-order valence-corrected chi connectivity index (χ3v) is 9.49. The molecule has 2 atom stereocenters. The second kappa shape index (κ2) is 11.0. The quantitative estimate of drug-likeness (QED) is 0.214. The minimum absolute atomic E-state index is 0.0876. The first-order chi connectivity index (χ1) is 19.6. The second-order valence-corrected chi connectivity index (χ2v) is 12.6. The molecule has 1 aliphatic rings. The first-order valence-electron chi connectivity index (χ1n) is 12.7. The Kier molecular flexibility index (Phi) is 7.87. The molecule has 0 spiro atoms. The topological polar surface area (TPSA) is 86.1 Å². The minimum atomic E-state index is -4.75. The number of halogens is 6. The van der Waals surface area contributed by atoms with Gasteiger partial charge in [-0.3, -0.25) is 14.1 Å². The fraction of sp³-hybridized carbons (Fsp3) is 0.333. The van der Waals surface area contributed by atoms with Crippen LogP contribution in [0, 0.1) is 6.92 Å². The average molecular weight is 631 g/mol. The predicted octanol–water partition coefficient (Wildman–Crippen LogP) is 7.51. The molecule has 7 nitrogen and oxygen atoms in total. The van der Waals surface area contributed by atoms with Gasteiger partial charge in [0.1, 0.15) is 4.90 Å². The zero-order valence-electron chi connectivity index (χ0n) is 22.1. The summed E-state index contributed by atoms with van der Waals surface area (Å²) in [6, 6.07) is 11.6. The summed E-state index contributed by atoms with van der Waals surface area (Å²) in [4.78, 5) is 4.46. The van der Waals surface area contributed by atoms with E-state index in [1.807, 2.05) is 0 Å². The van der Waals surface area contributed by atoms with Gasteiger partial charge in [-0.25, -0.2) is 13.4 Å². The smallest absolute Gasteiger partial charge is 0.289 e. The van der Waals surface area contributed by atoms with Crippen molar-refractivity contribution in [1.29, 1.82) is 0 Å². The van der Waals surface area contributed by atoms with Gasteiger partial charge in [-0.05, 0) is 55.4 Å². The minimum Gasteiger partial charge on any atom is -0.289 e. The van der Waals surface area contributed by atoms with Crippen LogP contribution in [0.5, 0.6) is 0 Å². The lowest BCUT2D eigenvalue weighted by Gasteiger charge is -2.15. The van der Waals surface area contributed by atoms with E-state index in [0.717, 1.165) is 17.4 Å². The zero-order valence-corrected chi connectivity index (χ0v) is 23.8. The molecule has 5 rings (SSSR count). The molecule has 0 bridgehead atoms. The Balaban J connectivity index is 1.57. The number of benzene rings is 2. The van der Waals surface area contributed by atoms with Crippen LogP contribution >= 0.6 is 11.3 Å². The van der Waals surface area contributed by atoms with Gasteiger partial charge < -0.3 is 0 Å². The summed E-state index contributed by atoms with van der Waals surface area (Å²) in [6.07, 6.45) is -8.39. The van der Waals surface area contributed by atoms with E-state index in [2.05, 4.69) is 19.5 Å². The number of alkyl halides is 6. The fourth-order valence-corrected chi connectivity index (χ4v) is 7.59. The molecular weight excluding hydrogens is 606 g/mol. The molecule has 1 saturated carbocycles. The Morgan fingerprint density at radius 2 is 1.79 bits per heavy atom. The molecule has 1 N–H and O–H groups in total. The van der Waals surface area contributed by atoms with Gasteiger partial charge in [0.15, 0.2) is 5.13 Å². The number of nitrogens with one attached hydrogen (secondary N) is 1. The van der Waals surface area contributed by atoms with Gasteiger partial charge in [0.2, 0.25) is 0 Å². The number of aryl methyl sites for hydroxylation is 2. The van der Waals surface area contributed by atoms with Crippen LogP contribution in [0.3, 0.4) is 0 Å². The van der Waals surface area contributed by atoms with Crippen molar-refractivity contribution in [1.82, 2.24) is 14.8 Å². The summed E-state index contributed by atoms with van der Waals surface area (Å²) in [5.74, 6) is -0.261. The van der Waals surface area contributed by atoms with Crippen molar-refractivity contribution in [2.24, 2.45) is 7.05 Å². The Labute approximate surface area is 241 Å². The third kappa shape index (κ3) is 6.47. The maximum absolute atomic E-state index is 14.0. The van der Waals surface area contributed by atoms with E-state index in [4.69, 9.17) is 0 Å². The van der Waals surface area contributed by atoms with Crippen LogP contribution in [0.2, 0.25) is 0 Å². The molecule has 15 heteroatoms. The van der Waals surface area contributed by atoms with E-state index >= 15 is 0 Å². The number of nitrogens with zero attached hydrogens (tertiary/aromatic N) is 3. The van der Waals surface area contributed by atoms with Crippen molar-refractivity contribution in [2.75, 3.05) is 4.72 Å². The number of hydrogen-bond donors (Lipinski definition) is 1. The van der Waals surface area contributed by atoms with E-state index in [0.29, 0.717) is 17.5 Å². The van der Waals surface area contributed by atoms with Gasteiger partial charge in [0.25, 0.3) is 10.0 Å². The third-order valence-electron chi connectivity index (χ3n) is 6.90.